The van der Waals surface area contributed by atoms with Crippen LogP contribution in [0.15, 0.2) is 18.2 Å². The van der Waals surface area contributed by atoms with Crippen molar-refractivity contribution >= 4 is 11.8 Å². The minimum atomic E-state index is -0.577. The summed E-state index contributed by atoms with van der Waals surface area (Å²) in [6.45, 7) is 7.16. The Kier molecular flexibility index (Phi) is 5.30. The van der Waals surface area contributed by atoms with Crippen LogP contribution in [0.3, 0.4) is 0 Å². The predicted octanol–water partition coefficient (Wildman–Crippen LogP) is 2.78. The maximum atomic E-state index is 11.4. The number of amides is 1. The van der Waals surface area contributed by atoms with Gasteiger partial charge in [0.15, 0.2) is 0 Å². The lowest BCUT2D eigenvalue weighted by Crippen LogP contribution is -2.32. The monoisotopic (exact) mass is 290 g/mol. The summed E-state index contributed by atoms with van der Waals surface area (Å²) in [7, 11) is 0. The Hall–Kier alpha value is -2.55. The van der Waals surface area contributed by atoms with Gasteiger partial charge in [-0.15, -0.1) is 0 Å². The van der Waals surface area contributed by atoms with Crippen molar-refractivity contribution in [3.8, 4) is 11.8 Å². The lowest BCUT2D eigenvalue weighted by molar-refractivity contribution is -0.385. The molecule has 0 aliphatic rings. The van der Waals surface area contributed by atoms with Gasteiger partial charge in [-0.25, -0.2) is 4.79 Å². The molecule has 1 aromatic rings. The highest BCUT2D eigenvalue weighted by Crippen LogP contribution is 2.18. The van der Waals surface area contributed by atoms with Crippen molar-refractivity contribution in [2.24, 2.45) is 0 Å². The lowest BCUT2D eigenvalue weighted by atomic mass is 10.1. The Balaban J connectivity index is 2.69. The number of nitrogens with zero attached hydrogens (tertiary/aromatic N) is 1. The quantitative estimate of drug-likeness (QED) is 0.516. The average Bonchev–Trinajstić information content (AvgIpc) is 2.32. The molecule has 1 N–H and O–H groups in total. The first-order chi connectivity index (χ1) is 9.69. The average molecular weight is 290 g/mol. The van der Waals surface area contributed by atoms with Crippen molar-refractivity contribution in [2.75, 3.05) is 6.54 Å². The first kappa shape index (κ1) is 16.5. The second-order valence-corrected chi connectivity index (χ2v) is 5.43. The summed E-state index contributed by atoms with van der Waals surface area (Å²) in [5.74, 6) is 5.37. The van der Waals surface area contributed by atoms with Gasteiger partial charge in [-0.1, -0.05) is 17.9 Å². The minimum absolute atomic E-state index is 0.0506. The maximum Gasteiger partial charge on any atom is 0.408 e. The van der Waals surface area contributed by atoms with Crippen molar-refractivity contribution in [1.82, 2.24) is 5.32 Å². The summed E-state index contributed by atoms with van der Waals surface area (Å²) in [5, 5.41) is 13.3. The van der Waals surface area contributed by atoms with Gasteiger partial charge in [-0.2, -0.15) is 0 Å². The van der Waals surface area contributed by atoms with Crippen LogP contribution in [-0.2, 0) is 4.74 Å². The summed E-state index contributed by atoms with van der Waals surface area (Å²) in [5.41, 5.74) is 0.577. The van der Waals surface area contributed by atoms with E-state index in [1.807, 2.05) is 6.92 Å². The Morgan fingerprint density at radius 3 is 2.67 bits per heavy atom. The molecule has 1 rings (SSSR count). The molecule has 0 unspecified atom stereocenters. The van der Waals surface area contributed by atoms with E-state index >= 15 is 0 Å². The number of nitrogens with one attached hydrogen (secondary N) is 1. The molecule has 0 bridgehead atoms. The number of carbonyl (C=O) groups is 1. The van der Waals surface area contributed by atoms with E-state index in [-0.39, 0.29) is 12.2 Å². The number of alkyl carbamates (subject to hydrolysis) is 1. The number of rotatable bonds is 2. The number of aryl methyl sites for hydroxylation is 1. The van der Waals surface area contributed by atoms with Gasteiger partial charge in [0.1, 0.15) is 11.2 Å². The van der Waals surface area contributed by atoms with E-state index < -0.39 is 16.6 Å². The molecule has 0 atom stereocenters. The molecule has 6 heteroatoms. The zero-order valence-electron chi connectivity index (χ0n) is 12.5. The predicted molar refractivity (Wildman–Crippen MR) is 78.9 cm³/mol. The Labute approximate surface area is 123 Å². The molecular formula is C15H18N2O4. The first-order valence-corrected chi connectivity index (χ1v) is 6.40. The van der Waals surface area contributed by atoms with Crippen LogP contribution in [0.25, 0.3) is 0 Å². The molecule has 0 radical (unpaired) electrons. The van der Waals surface area contributed by atoms with Crippen molar-refractivity contribution in [1.29, 1.82) is 0 Å². The van der Waals surface area contributed by atoms with E-state index in [2.05, 4.69) is 17.2 Å². The van der Waals surface area contributed by atoms with Gasteiger partial charge in [0.2, 0.25) is 0 Å². The van der Waals surface area contributed by atoms with Crippen LogP contribution in [0.5, 0.6) is 0 Å². The van der Waals surface area contributed by atoms with Crippen LogP contribution < -0.4 is 5.32 Å². The van der Waals surface area contributed by atoms with Crippen LogP contribution in [0, 0.1) is 28.9 Å². The minimum Gasteiger partial charge on any atom is -0.444 e. The number of hydrogen-bond donors (Lipinski definition) is 1. The van der Waals surface area contributed by atoms with Crippen LogP contribution >= 0.6 is 0 Å². The topological polar surface area (TPSA) is 81.5 Å². The Morgan fingerprint density at radius 1 is 1.43 bits per heavy atom. The molecule has 21 heavy (non-hydrogen) atoms. The molecular weight excluding hydrogens is 272 g/mol. The third kappa shape index (κ3) is 5.95. The zero-order valence-corrected chi connectivity index (χ0v) is 12.5. The van der Waals surface area contributed by atoms with Crippen LogP contribution in [-0.4, -0.2) is 23.2 Å². The van der Waals surface area contributed by atoms with E-state index in [1.54, 1.807) is 32.9 Å². The molecule has 0 saturated carbocycles. The summed E-state index contributed by atoms with van der Waals surface area (Å²) < 4.78 is 5.05. The zero-order chi connectivity index (χ0) is 16.0. The summed E-state index contributed by atoms with van der Waals surface area (Å²) in [4.78, 5) is 21.8. The fourth-order valence-electron chi connectivity index (χ4n) is 1.48. The van der Waals surface area contributed by atoms with Crippen molar-refractivity contribution < 1.29 is 14.5 Å². The molecule has 6 nitrogen and oxygen atoms in total. The van der Waals surface area contributed by atoms with E-state index in [4.69, 9.17) is 4.74 Å². The van der Waals surface area contributed by atoms with Gasteiger partial charge in [-0.3, -0.25) is 10.1 Å². The fraction of sp³-hybridized carbons (Fsp3) is 0.400. The van der Waals surface area contributed by atoms with Crippen LogP contribution in [0.4, 0.5) is 10.5 Å². The van der Waals surface area contributed by atoms with Crippen molar-refractivity contribution in [3.05, 3.63) is 39.4 Å². The van der Waals surface area contributed by atoms with Crippen molar-refractivity contribution in [2.45, 2.75) is 33.3 Å². The number of ether oxygens (including phenoxy) is 1. The molecule has 112 valence electrons. The first-order valence-electron chi connectivity index (χ1n) is 6.40. The van der Waals surface area contributed by atoms with Gasteiger partial charge in [0, 0.05) is 6.07 Å². The van der Waals surface area contributed by atoms with Gasteiger partial charge in [0.25, 0.3) is 5.69 Å². The lowest BCUT2D eigenvalue weighted by Gasteiger charge is -2.18. The summed E-state index contributed by atoms with van der Waals surface area (Å²) >= 11 is 0. The molecule has 0 aliphatic carbocycles. The van der Waals surface area contributed by atoms with Crippen molar-refractivity contribution in [3.63, 3.8) is 0 Å². The fourth-order valence-corrected chi connectivity index (χ4v) is 1.48. The van der Waals surface area contributed by atoms with E-state index in [9.17, 15) is 14.9 Å². The number of carbonyl (C=O) groups excluding carboxylic acids is 1. The number of hydrogen-bond acceptors (Lipinski definition) is 4. The van der Waals surface area contributed by atoms with E-state index in [1.165, 1.54) is 6.07 Å². The molecule has 0 saturated heterocycles. The molecule has 0 aliphatic heterocycles. The smallest absolute Gasteiger partial charge is 0.408 e. The van der Waals surface area contributed by atoms with Gasteiger partial charge in [0.05, 0.1) is 11.5 Å². The number of benzene rings is 1. The molecule has 0 fully saturated rings. The summed E-state index contributed by atoms with van der Waals surface area (Å²) in [6.07, 6.45) is -0.574. The molecule has 0 heterocycles. The highest BCUT2D eigenvalue weighted by Gasteiger charge is 2.15. The molecule has 0 aromatic heterocycles. The third-order valence-corrected chi connectivity index (χ3v) is 2.29. The second kappa shape index (κ2) is 6.75. The third-order valence-electron chi connectivity index (χ3n) is 2.29. The molecule has 1 amide bonds. The molecule has 1 aromatic carbocycles. The highest BCUT2D eigenvalue weighted by atomic mass is 16.6. The van der Waals surface area contributed by atoms with E-state index in [0.717, 1.165) is 5.56 Å². The van der Waals surface area contributed by atoms with E-state index in [0.29, 0.717) is 5.56 Å². The summed E-state index contributed by atoms with van der Waals surface area (Å²) in [6, 6.07) is 4.71. The maximum absolute atomic E-state index is 11.4. The second-order valence-electron chi connectivity index (χ2n) is 5.43. The Morgan fingerprint density at radius 2 is 2.10 bits per heavy atom. The van der Waals surface area contributed by atoms with Crippen LogP contribution in [0.2, 0.25) is 0 Å². The van der Waals surface area contributed by atoms with Gasteiger partial charge < -0.3 is 10.1 Å². The SMILES string of the molecule is Cc1ccc([N+](=O)[O-])c(C#CCNC(=O)OC(C)(C)C)c1. The van der Waals surface area contributed by atoms with Crippen LogP contribution in [0.1, 0.15) is 31.9 Å². The Bertz CT molecular complexity index is 606. The molecule has 0 spiro atoms. The largest absolute Gasteiger partial charge is 0.444 e. The van der Waals surface area contributed by atoms with Gasteiger partial charge >= 0.3 is 6.09 Å². The standard InChI is InChI=1S/C15H18N2O4/c1-11-7-8-13(17(19)20)12(10-11)6-5-9-16-14(18)21-15(2,3)4/h7-8,10H,9H2,1-4H3,(H,16,18). The highest BCUT2D eigenvalue weighted by molar-refractivity contribution is 5.68. The number of nitro benzene ring substituents is 1. The normalized spacial score (nSPS) is 10.3. The van der Waals surface area contributed by atoms with Gasteiger partial charge in [-0.05, 0) is 39.3 Å². The number of nitro groups is 1.